The van der Waals surface area contributed by atoms with Crippen LogP contribution in [0.3, 0.4) is 0 Å². The molecule has 1 N–H and O–H groups in total. The van der Waals surface area contributed by atoms with Gasteiger partial charge in [-0.15, -0.1) is 5.10 Å². The lowest BCUT2D eigenvalue weighted by atomic mass is 10.1. The van der Waals surface area contributed by atoms with E-state index >= 15 is 0 Å². The highest BCUT2D eigenvalue weighted by Gasteiger charge is 2.12. The molecule has 0 spiro atoms. The Labute approximate surface area is 138 Å². The maximum absolute atomic E-state index is 12.0. The molecule has 2 rings (SSSR count). The molecule has 1 atom stereocenters. The van der Waals surface area contributed by atoms with Crippen LogP contribution in [-0.2, 0) is 4.79 Å². The van der Waals surface area contributed by atoms with Crippen molar-refractivity contribution in [2.75, 3.05) is 5.75 Å². The average Bonchev–Trinajstić information content (AvgIpc) is 2.93. The molecular weight excluding hydrogens is 318 g/mol. The molecule has 1 heterocycles. The lowest BCUT2D eigenvalue weighted by Crippen LogP contribution is -2.28. The molecule has 2 aromatic rings. The molecule has 1 aromatic carbocycles. The molecule has 7 heteroatoms. The zero-order chi connectivity index (χ0) is 15.9. The molecule has 1 aromatic heterocycles. The van der Waals surface area contributed by atoms with Crippen molar-refractivity contribution >= 4 is 29.0 Å². The normalized spacial score (nSPS) is 12.2. The van der Waals surface area contributed by atoms with Gasteiger partial charge in [-0.05, 0) is 37.7 Å². The Kier molecular flexibility index (Phi) is 6.21. The van der Waals surface area contributed by atoms with Crippen molar-refractivity contribution in [2.24, 2.45) is 0 Å². The minimum absolute atomic E-state index is 0.0106. The first-order valence-corrected chi connectivity index (χ1v) is 8.82. The fourth-order valence-electron chi connectivity index (χ4n) is 1.74. The van der Waals surface area contributed by atoms with Gasteiger partial charge in [-0.25, -0.2) is 0 Å². The van der Waals surface area contributed by atoms with Crippen LogP contribution in [0.5, 0.6) is 5.19 Å². The molecule has 0 aliphatic rings. The SMILES string of the molecule is CC(C)Oc1nnc(SCC(=O)NC(C)c2ccccc2)s1. The zero-order valence-corrected chi connectivity index (χ0v) is 14.4. The summed E-state index contributed by atoms with van der Waals surface area (Å²) in [6, 6.07) is 9.87. The molecule has 0 fully saturated rings. The van der Waals surface area contributed by atoms with E-state index < -0.39 is 0 Å². The number of thioether (sulfide) groups is 1. The second-order valence-electron chi connectivity index (χ2n) is 4.99. The van der Waals surface area contributed by atoms with Crippen LogP contribution >= 0.6 is 23.1 Å². The summed E-state index contributed by atoms with van der Waals surface area (Å²) in [4.78, 5) is 12.0. The minimum Gasteiger partial charge on any atom is -0.466 e. The maximum Gasteiger partial charge on any atom is 0.295 e. The first kappa shape index (κ1) is 16.8. The molecule has 1 unspecified atom stereocenters. The third-order valence-electron chi connectivity index (χ3n) is 2.73. The van der Waals surface area contributed by atoms with Gasteiger partial charge in [0.05, 0.1) is 17.9 Å². The van der Waals surface area contributed by atoms with Crippen molar-refractivity contribution in [1.82, 2.24) is 15.5 Å². The Hall–Kier alpha value is -1.60. The Morgan fingerprint density at radius 1 is 1.27 bits per heavy atom. The molecule has 0 radical (unpaired) electrons. The Bertz CT molecular complexity index is 602. The number of aromatic nitrogens is 2. The number of hydrogen-bond acceptors (Lipinski definition) is 6. The Morgan fingerprint density at radius 3 is 2.68 bits per heavy atom. The van der Waals surface area contributed by atoms with Crippen molar-refractivity contribution in [1.29, 1.82) is 0 Å². The van der Waals surface area contributed by atoms with Crippen molar-refractivity contribution in [2.45, 2.75) is 37.3 Å². The quantitative estimate of drug-likeness (QED) is 0.786. The van der Waals surface area contributed by atoms with Gasteiger partial charge >= 0.3 is 0 Å². The summed E-state index contributed by atoms with van der Waals surface area (Å²) in [6.07, 6.45) is 0.0702. The average molecular weight is 337 g/mol. The van der Waals surface area contributed by atoms with Crippen LogP contribution in [-0.4, -0.2) is 28.0 Å². The van der Waals surface area contributed by atoms with Gasteiger partial charge in [-0.3, -0.25) is 4.79 Å². The van der Waals surface area contributed by atoms with Crippen molar-refractivity contribution in [3.05, 3.63) is 35.9 Å². The predicted molar refractivity (Wildman–Crippen MR) is 89.4 cm³/mol. The molecule has 0 saturated heterocycles. The van der Waals surface area contributed by atoms with E-state index in [0.29, 0.717) is 10.9 Å². The highest BCUT2D eigenvalue weighted by atomic mass is 32.2. The van der Waals surface area contributed by atoms with Gasteiger partial charge in [0, 0.05) is 0 Å². The van der Waals surface area contributed by atoms with E-state index in [2.05, 4.69) is 15.5 Å². The van der Waals surface area contributed by atoms with Crippen LogP contribution < -0.4 is 10.1 Å². The fraction of sp³-hybridized carbons (Fsp3) is 0.400. The van der Waals surface area contributed by atoms with Crippen LogP contribution in [0.25, 0.3) is 0 Å². The van der Waals surface area contributed by atoms with Crippen molar-refractivity contribution in [3.8, 4) is 5.19 Å². The molecule has 0 saturated carbocycles. The largest absolute Gasteiger partial charge is 0.466 e. The summed E-state index contributed by atoms with van der Waals surface area (Å²) in [5.74, 6) is 0.288. The van der Waals surface area contributed by atoms with Crippen LogP contribution in [0.1, 0.15) is 32.4 Å². The van der Waals surface area contributed by atoms with E-state index in [-0.39, 0.29) is 18.1 Å². The summed E-state index contributed by atoms with van der Waals surface area (Å²) >= 11 is 2.72. The van der Waals surface area contributed by atoms with E-state index in [1.165, 1.54) is 23.1 Å². The summed E-state index contributed by atoms with van der Waals surface area (Å²) < 4.78 is 6.19. The van der Waals surface area contributed by atoms with Gasteiger partial charge in [-0.2, -0.15) is 0 Å². The molecule has 22 heavy (non-hydrogen) atoms. The smallest absolute Gasteiger partial charge is 0.295 e. The standard InChI is InChI=1S/C15H19N3O2S2/c1-10(2)20-14-17-18-15(22-14)21-9-13(19)16-11(3)12-7-5-4-6-8-12/h4-8,10-11H,9H2,1-3H3,(H,16,19). The van der Waals surface area contributed by atoms with Gasteiger partial charge in [0.2, 0.25) is 5.91 Å². The fourth-order valence-corrected chi connectivity index (χ4v) is 3.36. The van der Waals surface area contributed by atoms with Crippen LogP contribution in [0.15, 0.2) is 34.7 Å². The number of carbonyl (C=O) groups is 1. The van der Waals surface area contributed by atoms with Gasteiger partial charge in [-0.1, -0.05) is 47.2 Å². The topological polar surface area (TPSA) is 64.1 Å². The predicted octanol–water partition coefficient (Wildman–Crippen LogP) is 3.29. The minimum atomic E-state index is -0.0251. The number of carbonyl (C=O) groups excluding carboxylic acids is 1. The zero-order valence-electron chi connectivity index (χ0n) is 12.8. The van der Waals surface area contributed by atoms with Crippen LogP contribution in [0.2, 0.25) is 0 Å². The highest BCUT2D eigenvalue weighted by Crippen LogP contribution is 2.27. The number of benzene rings is 1. The first-order valence-electron chi connectivity index (χ1n) is 7.02. The van der Waals surface area contributed by atoms with Gasteiger partial charge in [0.15, 0.2) is 4.34 Å². The third-order valence-corrected chi connectivity index (χ3v) is 4.68. The van der Waals surface area contributed by atoms with Gasteiger partial charge in [0.25, 0.3) is 5.19 Å². The number of hydrogen-bond donors (Lipinski definition) is 1. The molecule has 1 amide bonds. The lowest BCUT2D eigenvalue weighted by molar-refractivity contribution is -0.119. The number of ether oxygens (including phenoxy) is 1. The summed E-state index contributed by atoms with van der Waals surface area (Å²) in [6.45, 7) is 5.84. The monoisotopic (exact) mass is 337 g/mol. The lowest BCUT2D eigenvalue weighted by Gasteiger charge is -2.13. The second-order valence-corrected chi connectivity index (χ2v) is 7.15. The third kappa shape index (κ3) is 5.31. The van der Waals surface area contributed by atoms with Gasteiger partial charge in [0.1, 0.15) is 0 Å². The highest BCUT2D eigenvalue weighted by molar-refractivity contribution is 8.01. The Morgan fingerprint density at radius 2 is 2.00 bits per heavy atom. The molecule has 0 bridgehead atoms. The first-order chi connectivity index (χ1) is 10.5. The molecule has 0 aliphatic heterocycles. The van der Waals surface area contributed by atoms with Crippen molar-refractivity contribution in [3.63, 3.8) is 0 Å². The van der Waals surface area contributed by atoms with E-state index in [1.807, 2.05) is 51.1 Å². The summed E-state index contributed by atoms with van der Waals surface area (Å²) in [7, 11) is 0. The summed E-state index contributed by atoms with van der Waals surface area (Å²) in [5, 5.41) is 11.4. The van der Waals surface area contributed by atoms with Crippen LogP contribution in [0, 0.1) is 0 Å². The Balaban J connectivity index is 1.79. The number of amides is 1. The molecule has 118 valence electrons. The molecule has 5 nitrogen and oxygen atoms in total. The number of rotatable bonds is 7. The number of nitrogens with zero attached hydrogens (tertiary/aromatic N) is 2. The van der Waals surface area contributed by atoms with Gasteiger partial charge < -0.3 is 10.1 Å². The van der Waals surface area contributed by atoms with Crippen molar-refractivity contribution < 1.29 is 9.53 Å². The van der Waals surface area contributed by atoms with Crippen LogP contribution in [0.4, 0.5) is 0 Å². The van der Waals surface area contributed by atoms with E-state index in [9.17, 15) is 4.79 Å². The number of nitrogens with one attached hydrogen (secondary N) is 1. The molecular formula is C15H19N3O2S2. The van der Waals surface area contributed by atoms with E-state index in [1.54, 1.807) is 0 Å². The molecule has 0 aliphatic carbocycles. The second kappa shape index (κ2) is 8.14. The van der Waals surface area contributed by atoms with E-state index in [4.69, 9.17) is 4.74 Å². The summed E-state index contributed by atoms with van der Waals surface area (Å²) in [5.41, 5.74) is 1.09. The maximum atomic E-state index is 12.0. The van der Waals surface area contributed by atoms with E-state index in [0.717, 1.165) is 9.90 Å².